The molecule has 0 fully saturated rings. The van der Waals surface area contributed by atoms with E-state index in [2.05, 4.69) is 16.6 Å². The van der Waals surface area contributed by atoms with Crippen LogP contribution in [0.1, 0.15) is 18.9 Å². The number of hydrogen-bond acceptors (Lipinski definition) is 4. The predicted molar refractivity (Wildman–Crippen MR) is 96.2 cm³/mol. The number of amidine groups is 1. The number of hydrazone groups is 1. The zero-order valence-electron chi connectivity index (χ0n) is 13.7. The molecule has 24 heavy (non-hydrogen) atoms. The Bertz CT molecular complexity index is 728. The number of fused-ring (bicyclic) bond motifs is 1. The van der Waals surface area contributed by atoms with Crippen LogP contribution >= 0.6 is 0 Å². The van der Waals surface area contributed by atoms with Crippen molar-refractivity contribution in [2.45, 2.75) is 19.8 Å². The van der Waals surface area contributed by atoms with Gasteiger partial charge in [0.15, 0.2) is 0 Å². The highest BCUT2D eigenvalue weighted by Crippen LogP contribution is 2.27. The molecule has 1 aliphatic heterocycles. The smallest absolute Gasteiger partial charge is 0.376 e. The molecular formula is C19H21N3O2. The molecule has 1 heterocycles. The van der Waals surface area contributed by atoms with Gasteiger partial charge in [-0.3, -0.25) is 5.43 Å². The lowest BCUT2D eigenvalue weighted by molar-refractivity contribution is -0.135. The van der Waals surface area contributed by atoms with Gasteiger partial charge in [0, 0.05) is 12.2 Å². The molecule has 3 rings (SSSR count). The van der Waals surface area contributed by atoms with Gasteiger partial charge in [0.05, 0.1) is 12.3 Å². The molecule has 0 bridgehead atoms. The standard InChI is InChI=1S/C19H21N3O2/c1-2-24-19(23)18(21-20-16-11-4-3-5-12-16)22-14-8-10-15-9-6-7-13-17(15)22/h3-7,9,11-13,20H,2,8,10,14H2,1H3. The van der Waals surface area contributed by atoms with Gasteiger partial charge in [-0.05, 0) is 43.5 Å². The van der Waals surface area contributed by atoms with Crippen molar-refractivity contribution >= 4 is 23.2 Å². The van der Waals surface area contributed by atoms with E-state index >= 15 is 0 Å². The number of esters is 1. The summed E-state index contributed by atoms with van der Waals surface area (Å²) in [5.74, 6) is -0.134. The molecule has 5 heteroatoms. The molecule has 5 nitrogen and oxygen atoms in total. The number of rotatable bonds is 3. The van der Waals surface area contributed by atoms with E-state index in [1.165, 1.54) is 5.56 Å². The summed E-state index contributed by atoms with van der Waals surface area (Å²) in [7, 11) is 0. The van der Waals surface area contributed by atoms with Crippen LogP contribution in [0.5, 0.6) is 0 Å². The van der Waals surface area contributed by atoms with Crippen LogP contribution in [0, 0.1) is 0 Å². The van der Waals surface area contributed by atoms with Crippen LogP contribution < -0.4 is 10.3 Å². The lowest BCUT2D eigenvalue weighted by Gasteiger charge is -2.30. The van der Waals surface area contributed by atoms with Crippen molar-refractivity contribution < 1.29 is 9.53 Å². The molecule has 0 unspecified atom stereocenters. The third-order valence-electron chi connectivity index (χ3n) is 3.89. The maximum Gasteiger partial charge on any atom is 0.376 e. The number of carbonyl (C=O) groups is 1. The molecule has 0 saturated carbocycles. The number of nitrogens with one attached hydrogen (secondary N) is 1. The van der Waals surface area contributed by atoms with Gasteiger partial charge in [-0.1, -0.05) is 36.4 Å². The fourth-order valence-electron chi connectivity index (χ4n) is 2.80. The second kappa shape index (κ2) is 7.64. The third-order valence-corrected chi connectivity index (χ3v) is 3.89. The minimum Gasteiger partial charge on any atom is -0.460 e. The summed E-state index contributed by atoms with van der Waals surface area (Å²) in [6, 6.07) is 17.7. The van der Waals surface area contributed by atoms with E-state index in [9.17, 15) is 4.79 Å². The zero-order valence-corrected chi connectivity index (χ0v) is 13.7. The molecule has 2 aromatic rings. The van der Waals surface area contributed by atoms with Crippen molar-refractivity contribution in [2.24, 2.45) is 5.10 Å². The van der Waals surface area contributed by atoms with Crippen LogP contribution in [-0.2, 0) is 16.0 Å². The molecule has 0 aliphatic carbocycles. The number of nitrogens with zero attached hydrogens (tertiary/aromatic N) is 2. The van der Waals surface area contributed by atoms with Crippen molar-refractivity contribution in [3.8, 4) is 0 Å². The average molecular weight is 323 g/mol. The molecular weight excluding hydrogens is 302 g/mol. The van der Waals surface area contributed by atoms with Gasteiger partial charge in [0.1, 0.15) is 0 Å². The Labute approximate surface area is 141 Å². The number of aryl methyl sites for hydroxylation is 1. The summed E-state index contributed by atoms with van der Waals surface area (Å²) in [5, 5.41) is 4.35. The van der Waals surface area contributed by atoms with E-state index < -0.39 is 5.97 Å². The second-order valence-corrected chi connectivity index (χ2v) is 5.52. The first-order valence-electron chi connectivity index (χ1n) is 8.21. The van der Waals surface area contributed by atoms with E-state index in [0.717, 1.165) is 30.8 Å². The fraction of sp³-hybridized carbons (Fsp3) is 0.263. The summed E-state index contributed by atoms with van der Waals surface area (Å²) in [5.41, 5.74) is 6.02. The summed E-state index contributed by atoms with van der Waals surface area (Å²) < 4.78 is 5.21. The van der Waals surface area contributed by atoms with Crippen LogP contribution in [0.25, 0.3) is 0 Å². The average Bonchev–Trinajstić information content (AvgIpc) is 2.63. The maximum atomic E-state index is 12.4. The van der Waals surface area contributed by atoms with E-state index in [1.54, 1.807) is 6.92 Å². The highest BCUT2D eigenvalue weighted by molar-refractivity contribution is 6.41. The molecule has 0 spiro atoms. The van der Waals surface area contributed by atoms with Gasteiger partial charge in [-0.2, -0.15) is 0 Å². The van der Waals surface area contributed by atoms with Crippen molar-refractivity contribution in [2.75, 3.05) is 23.5 Å². The normalized spacial score (nSPS) is 14.0. The molecule has 0 saturated heterocycles. The topological polar surface area (TPSA) is 53.9 Å². The largest absolute Gasteiger partial charge is 0.460 e. The van der Waals surface area contributed by atoms with Gasteiger partial charge in [0.2, 0.25) is 5.84 Å². The minimum absolute atomic E-state index is 0.285. The number of hydrogen-bond donors (Lipinski definition) is 1. The Balaban J connectivity index is 1.92. The van der Waals surface area contributed by atoms with Crippen LogP contribution in [0.15, 0.2) is 59.7 Å². The van der Waals surface area contributed by atoms with Gasteiger partial charge in [0.25, 0.3) is 0 Å². The summed E-state index contributed by atoms with van der Waals surface area (Å²) >= 11 is 0. The Kier molecular flexibility index (Phi) is 5.11. The predicted octanol–water partition coefficient (Wildman–Crippen LogP) is 3.43. The minimum atomic E-state index is -0.419. The number of anilines is 2. The molecule has 124 valence electrons. The number of ether oxygens (including phenoxy) is 1. The lowest BCUT2D eigenvalue weighted by Crippen LogP contribution is -2.41. The van der Waals surface area contributed by atoms with Crippen molar-refractivity contribution in [1.29, 1.82) is 0 Å². The van der Waals surface area contributed by atoms with E-state index in [-0.39, 0.29) is 5.84 Å². The molecule has 1 N–H and O–H groups in total. The van der Waals surface area contributed by atoms with E-state index in [0.29, 0.717) is 6.61 Å². The van der Waals surface area contributed by atoms with Crippen LogP contribution in [0.4, 0.5) is 11.4 Å². The number of carbonyl (C=O) groups excluding carboxylic acids is 1. The zero-order chi connectivity index (χ0) is 16.8. The van der Waals surface area contributed by atoms with Crippen molar-refractivity contribution in [1.82, 2.24) is 0 Å². The molecule has 0 radical (unpaired) electrons. The first-order chi connectivity index (χ1) is 11.8. The Morgan fingerprint density at radius 1 is 1.17 bits per heavy atom. The quantitative estimate of drug-likeness (QED) is 0.407. The third kappa shape index (κ3) is 3.56. The lowest BCUT2D eigenvalue weighted by atomic mass is 10.0. The van der Waals surface area contributed by atoms with Crippen LogP contribution in [0.3, 0.4) is 0 Å². The number of benzene rings is 2. The first-order valence-corrected chi connectivity index (χ1v) is 8.21. The Hall–Kier alpha value is -2.82. The van der Waals surface area contributed by atoms with Gasteiger partial charge < -0.3 is 9.64 Å². The molecule has 0 amide bonds. The second-order valence-electron chi connectivity index (χ2n) is 5.52. The molecule has 2 aromatic carbocycles. The summed E-state index contributed by atoms with van der Waals surface area (Å²) in [6.45, 7) is 2.86. The van der Waals surface area contributed by atoms with Crippen molar-refractivity contribution in [3.63, 3.8) is 0 Å². The number of para-hydroxylation sites is 2. The van der Waals surface area contributed by atoms with Gasteiger partial charge in [-0.25, -0.2) is 4.79 Å². The first kappa shape index (κ1) is 16.1. The van der Waals surface area contributed by atoms with Crippen molar-refractivity contribution in [3.05, 3.63) is 60.2 Å². The Morgan fingerprint density at radius 2 is 1.92 bits per heavy atom. The fourth-order valence-corrected chi connectivity index (χ4v) is 2.80. The van der Waals surface area contributed by atoms with Gasteiger partial charge in [-0.15, -0.1) is 5.10 Å². The van der Waals surface area contributed by atoms with Gasteiger partial charge >= 0.3 is 5.97 Å². The van der Waals surface area contributed by atoms with E-state index in [1.807, 2.05) is 53.4 Å². The molecule has 0 atom stereocenters. The Morgan fingerprint density at radius 3 is 2.71 bits per heavy atom. The maximum absolute atomic E-state index is 12.4. The summed E-state index contributed by atoms with van der Waals surface area (Å²) in [6.07, 6.45) is 1.98. The highest BCUT2D eigenvalue weighted by Gasteiger charge is 2.26. The van der Waals surface area contributed by atoms with Crippen LogP contribution in [0.2, 0.25) is 0 Å². The SMILES string of the molecule is CCOC(=O)C(=NNc1ccccc1)N1CCCc2ccccc21. The van der Waals surface area contributed by atoms with Crippen LogP contribution in [-0.4, -0.2) is 25.0 Å². The monoisotopic (exact) mass is 323 g/mol. The molecule has 0 aromatic heterocycles. The molecule has 1 aliphatic rings. The summed E-state index contributed by atoms with van der Waals surface area (Å²) in [4.78, 5) is 14.4. The highest BCUT2D eigenvalue weighted by atomic mass is 16.5. The van der Waals surface area contributed by atoms with E-state index in [4.69, 9.17) is 4.74 Å².